The molecule has 0 radical (unpaired) electrons. The zero-order chi connectivity index (χ0) is 21.4. The van der Waals surface area contributed by atoms with Crippen LogP contribution in [0, 0.1) is 0 Å². The Morgan fingerprint density at radius 1 is 1.13 bits per heavy atom. The molecule has 1 atom stereocenters. The smallest absolute Gasteiger partial charge is 0.263 e. The fraction of sp³-hybridized carbons (Fsp3) is 0.280. The van der Waals surface area contributed by atoms with E-state index in [4.69, 9.17) is 4.74 Å². The molecule has 31 heavy (non-hydrogen) atoms. The number of thiophene rings is 1. The highest BCUT2D eigenvalue weighted by Crippen LogP contribution is 2.39. The molecule has 4 aromatic rings. The Morgan fingerprint density at radius 3 is 2.74 bits per heavy atom. The van der Waals surface area contributed by atoms with Crippen molar-refractivity contribution in [3.05, 3.63) is 76.8 Å². The Balaban J connectivity index is 1.47. The summed E-state index contributed by atoms with van der Waals surface area (Å²) >= 11 is 1.56. The van der Waals surface area contributed by atoms with Gasteiger partial charge in [0, 0.05) is 55.6 Å². The maximum atomic E-state index is 13.0. The predicted octanol–water partition coefficient (Wildman–Crippen LogP) is 4.72. The van der Waals surface area contributed by atoms with E-state index in [-0.39, 0.29) is 12.0 Å². The number of benzene rings is 2. The van der Waals surface area contributed by atoms with Crippen molar-refractivity contribution in [3.8, 4) is 0 Å². The number of morpholine rings is 1. The van der Waals surface area contributed by atoms with Gasteiger partial charge in [0.25, 0.3) is 5.91 Å². The molecule has 1 amide bonds. The van der Waals surface area contributed by atoms with Gasteiger partial charge in [-0.1, -0.05) is 36.4 Å². The second kappa shape index (κ2) is 8.38. The molecule has 0 aliphatic carbocycles. The molecule has 0 bridgehead atoms. The zero-order valence-electron chi connectivity index (χ0n) is 17.7. The molecule has 5 rings (SSSR count). The van der Waals surface area contributed by atoms with E-state index in [9.17, 15) is 4.79 Å². The number of nitrogens with zero attached hydrogens (tertiary/aromatic N) is 3. The van der Waals surface area contributed by atoms with Crippen molar-refractivity contribution < 1.29 is 9.53 Å². The van der Waals surface area contributed by atoms with Crippen LogP contribution in [0.15, 0.2) is 60.8 Å². The Kier molecular flexibility index (Phi) is 5.44. The van der Waals surface area contributed by atoms with Crippen LogP contribution in [-0.4, -0.2) is 54.5 Å². The third-order valence-corrected chi connectivity index (χ3v) is 7.01. The summed E-state index contributed by atoms with van der Waals surface area (Å²) in [4.78, 5) is 22.3. The number of para-hydroxylation sites is 1. The normalized spacial score (nSPS) is 17.3. The third kappa shape index (κ3) is 3.82. The number of ether oxygens (including phenoxy) is 1. The van der Waals surface area contributed by atoms with Crippen LogP contribution in [0.25, 0.3) is 21.0 Å². The largest absolute Gasteiger partial charge is 0.371 e. The Hall–Kier alpha value is -2.80. The first-order valence-corrected chi connectivity index (χ1v) is 11.3. The van der Waals surface area contributed by atoms with Crippen molar-refractivity contribution in [3.63, 3.8) is 0 Å². The second-order valence-corrected chi connectivity index (χ2v) is 9.17. The quantitative estimate of drug-likeness (QED) is 0.469. The molecule has 0 saturated carbocycles. The van der Waals surface area contributed by atoms with Gasteiger partial charge in [-0.25, -0.2) is 0 Å². The SMILES string of the molecule is CN(C)C(=O)c1sc2ccccc2c1[C@H]1CN(Cc2ccnc3ccccc23)CCO1. The van der Waals surface area contributed by atoms with Gasteiger partial charge in [0.05, 0.1) is 23.1 Å². The van der Waals surface area contributed by atoms with Gasteiger partial charge in [-0.05, 0) is 29.1 Å². The fourth-order valence-electron chi connectivity index (χ4n) is 4.30. The van der Waals surface area contributed by atoms with E-state index in [0.717, 1.165) is 45.7 Å². The zero-order valence-corrected chi connectivity index (χ0v) is 18.6. The van der Waals surface area contributed by atoms with Crippen molar-refractivity contribution >= 4 is 38.2 Å². The van der Waals surface area contributed by atoms with Crippen molar-refractivity contribution in [1.82, 2.24) is 14.8 Å². The highest BCUT2D eigenvalue weighted by atomic mass is 32.1. The summed E-state index contributed by atoms with van der Waals surface area (Å²) in [6.45, 7) is 3.10. The lowest BCUT2D eigenvalue weighted by atomic mass is 10.0. The summed E-state index contributed by atoms with van der Waals surface area (Å²) in [6, 6.07) is 18.6. The first-order valence-electron chi connectivity index (χ1n) is 10.5. The molecule has 2 aromatic heterocycles. The topological polar surface area (TPSA) is 45.7 Å². The summed E-state index contributed by atoms with van der Waals surface area (Å²) in [5, 5.41) is 2.32. The molecule has 0 unspecified atom stereocenters. The van der Waals surface area contributed by atoms with Crippen molar-refractivity contribution in [2.45, 2.75) is 12.6 Å². The highest BCUT2D eigenvalue weighted by Gasteiger charge is 2.30. The minimum Gasteiger partial charge on any atom is -0.371 e. The molecule has 1 fully saturated rings. The molecular weight excluding hydrogens is 406 g/mol. The summed E-state index contributed by atoms with van der Waals surface area (Å²) < 4.78 is 7.37. The van der Waals surface area contributed by atoms with Gasteiger partial charge in [0.1, 0.15) is 0 Å². The Morgan fingerprint density at radius 2 is 1.90 bits per heavy atom. The number of hydrogen-bond donors (Lipinski definition) is 0. The van der Waals surface area contributed by atoms with Gasteiger partial charge in [0.15, 0.2) is 0 Å². The average molecular weight is 432 g/mol. The van der Waals surface area contributed by atoms with Crippen LogP contribution >= 0.6 is 11.3 Å². The molecule has 1 aliphatic heterocycles. The third-order valence-electron chi connectivity index (χ3n) is 5.84. The maximum Gasteiger partial charge on any atom is 0.263 e. The van der Waals surface area contributed by atoms with Crippen molar-refractivity contribution in [1.29, 1.82) is 0 Å². The van der Waals surface area contributed by atoms with Crippen molar-refractivity contribution in [2.24, 2.45) is 0 Å². The van der Waals surface area contributed by atoms with E-state index in [2.05, 4.69) is 46.3 Å². The van der Waals surface area contributed by atoms with Crippen LogP contribution in [0.1, 0.15) is 26.9 Å². The lowest BCUT2D eigenvalue weighted by Crippen LogP contribution is -2.38. The Labute approximate surface area is 185 Å². The lowest BCUT2D eigenvalue weighted by Gasteiger charge is -2.33. The highest BCUT2D eigenvalue weighted by molar-refractivity contribution is 7.21. The van der Waals surface area contributed by atoms with E-state index >= 15 is 0 Å². The van der Waals surface area contributed by atoms with Crippen LogP contribution in [0.4, 0.5) is 0 Å². The first-order chi connectivity index (χ1) is 15.1. The van der Waals surface area contributed by atoms with Gasteiger partial charge in [0.2, 0.25) is 0 Å². The predicted molar refractivity (Wildman–Crippen MR) is 126 cm³/mol. The van der Waals surface area contributed by atoms with Gasteiger partial charge in [-0.15, -0.1) is 11.3 Å². The van der Waals surface area contributed by atoms with Crippen LogP contribution < -0.4 is 0 Å². The fourth-order valence-corrected chi connectivity index (χ4v) is 5.58. The van der Waals surface area contributed by atoms with Crippen LogP contribution in [0.2, 0.25) is 0 Å². The monoisotopic (exact) mass is 431 g/mol. The molecule has 0 N–H and O–H groups in total. The van der Waals surface area contributed by atoms with Gasteiger partial charge < -0.3 is 9.64 Å². The summed E-state index contributed by atoms with van der Waals surface area (Å²) in [6.07, 6.45) is 1.76. The van der Waals surface area contributed by atoms with Gasteiger partial charge in [-0.2, -0.15) is 0 Å². The minimum absolute atomic E-state index is 0.0389. The number of carbonyl (C=O) groups excluding carboxylic acids is 1. The number of carbonyl (C=O) groups is 1. The van der Waals surface area contributed by atoms with Crippen LogP contribution in [0.3, 0.4) is 0 Å². The maximum absolute atomic E-state index is 13.0. The standard InChI is InChI=1S/C25H25N3O2S/c1-27(2)25(29)24-23(19-8-4-6-10-22(19)31-24)21-16-28(13-14-30-21)15-17-11-12-26-20-9-5-3-7-18(17)20/h3-12,21H,13-16H2,1-2H3/t21-/m1/s1. The minimum atomic E-state index is -0.128. The van der Waals surface area contributed by atoms with Gasteiger partial charge >= 0.3 is 0 Å². The summed E-state index contributed by atoms with van der Waals surface area (Å²) in [5.41, 5.74) is 3.32. The summed E-state index contributed by atoms with van der Waals surface area (Å²) in [5.74, 6) is 0.0389. The summed E-state index contributed by atoms with van der Waals surface area (Å²) in [7, 11) is 3.61. The van der Waals surface area contributed by atoms with E-state index < -0.39 is 0 Å². The van der Waals surface area contributed by atoms with E-state index in [1.165, 1.54) is 10.9 Å². The van der Waals surface area contributed by atoms with E-state index in [1.807, 2.05) is 24.4 Å². The molecule has 5 nitrogen and oxygen atoms in total. The lowest BCUT2D eigenvalue weighted by molar-refractivity contribution is -0.0322. The molecule has 1 aliphatic rings. The number of pyridine rings is 1. The number of rotatable bonds is 4. The van der Waals surface area contributed by atoms with Crippen molar-refractivity contribution in [2.75, 3.05) is 33.8 Å². The first kappa shape index (κ1) is 20.1. The number of hydrogen-bond acceptors (Lipinski definition) is 5. The average Bonchev–Trinajstić information content (AvgIpc) is 3.18. The molecular formula is C25H25N3O2S. The molecule has 2 aromatic carbocycles. The van der Waals surface area contributed by atoms with E-state index in [0.29, 0.717) is 6.61 Å². The molecule has 158 valence electrons. The molecule has 0 spiro atoms. The molecule has 6 heteroatoms. The molecule has 1 saturated heterocycles. The molecule has 3 heterocycles. The Bertz CT molecular complexity index is 1240. The second-order valence-electron chi connectivity index (χ2n) is 8.12. The van der Waals surface area contributed by atoms with Gasteiger partial charge in [-0.3, -0.25) is 14.7 Å². The van der Waals surface area contributed by atoms with E-state index in [1.54, 1.807) is 30.3 Å². The number of aromatic nitrogens is 1. The number of fused-ring (bicyclic) bond motifs is 2. The van der Waals surface area contributed by atoms with Crippen LogP contribution in [-0.2, 0) is 11.3 Å². The number of amides is 1. The van der Waals surface area contributed by atoms with Crippen LogP contribution in [0.5, 0.6) is 0 Å².